The number of hydrogen-bond acceptors (Lipinski definition) is 6. The molecule has 0 saturated heterocycles. The fourth-order valence-corrected chi connectivity index (χ4v) is 11.6. The fraction of sp³-hybridized carbons (Fsp3) is 0.883. The summed E-state index contributed by atoms with van der Waals surface area (Å²) in [7, 11) is 0. The second-order valence-corrected chi connectivity index (χ2v) is 25.5. The van der Waals surface area contributed by atoms with Crippen LogP contribution >= 0.6 is 0 Å². The summed E-state index contributed by atoms with van der Waals surface area (Å²) in [6.07, 6.45) is 90.5. The van der Waals surface area contributed by atoms with Gasteiger partial charge in [-0.1, -0.05) is 385 Å². The molecule has 0 spiro atoms. The van der Waals surface area contributed by atoms with Crippen LogP contribution in [0.1, 0.15) is 419 Å². The number of rotatable bonds is 70. The zero-order valence-electron chi connectivity index (χ0n) is 56.2. The molecule has 0 N–H and O–H groups in total. The van der Waals surface area contributed by atoms with Crippen LogP contribution in [0.15, 0.2) is 36.5 Å². The Labute approximate surface area is 518 Å². The molecule has 0 aliphatic rings. The first-order valence-electron chi connectivity index (χ1n) is 37.5. The van der Waals surface area contributed by atoms with Crippen LogP contribution in [0.25, 0.3) is 0 Å². The molecule has 0 fully saturated rings. The monoisotopic (exact) mass is 1170 g/mol. The first-order chi connectivity index (χ1) is 41.0. The van der Waals surface area contributed by atoms with Gasteiger partial charge in [0, 0.05) is 19.3 Å². The van der Waals surface area contributed by atoms with Gasteiger partial charge in [0.05, 0.1) is 0 Å². The lowest BCUT2D eigenvalue weighted by Crippen LogP contribution is -2.30. The van der Waals surface area contributed by atoms with Crippen molar-refractivity contribution in [3.05, 3.63) is 36.5 Å². The zero-order chi connectivity index (χ0) is 59.9. The summed E-state index contributed by atoms with van der Waals surface area (Å²) in [5.74, 6) is -0.844. The van der Waals surface area contributed by atoms with Crippen LogP contribution < -0.4 is 0 Å². The third kappa shape index (κ3) is 70.3. The van der Waals surface area contributed by atoms with E-state index in [0.717, 1.165) is 83.5 Å². The predicted octanol–water partition coefficient (Wildman–Crippen LogP) is 25.9. The number of allylic oxidation sites excluding steroid dienone is 6. The van der Waals surface area contributed by atoms with E-state index >= 15 is 0 Å². The Bertz CT molecular complexity index is 1380. The lowest BCUT2D eigenvalue weighted by molar-refractivity contribution is -0.167. The number of hydrogen-bond donors (Lipinski definition) is 0. The van der Waals surface area contributed by atoms with Gasteiger partial charge in [0.1, 0.15) is 13.2 Å². The van der Waals surface area contributed by atoms with E-state index in [-0.39, 0.29) is 31.1 Å². The van der Waals surface area contributed by atoms with Crippen molar-refractivity contribution < 1.29 is 28.6 Å². The number of carbonyl (C=O) groups excluding carboxylic acids is 3. The van der Waals surface area contributed by atoms with Gasteiger partial charge in [-0.3, -0.25) is 14.4 Å². The minimum atomic E-state index is -0.775. The summed E-state index contributed by atoms with van der Waals surface area (Å²) in [5.41, 5.74) is 0. The number of ether oxygens (including phenoxy) is 3. The molecule has 0 rings (SSSR count). The Hall–Kier alpha value is -2.37. The molecule has 488 valence electrons. The maximum absolute atomic E-state index is 13.0. The first kappa shape index (κ1) is 80.6. The average Bonchev–Trinajstić information content (AvgIpc) is 3.50. The Balaban J connectivity index is 4.26. The maximum atomic E-state index is 13.0. The van der Waals surface area contributed by atoms with Crippen molar-refractivity contribution in [3.8, 4) is 0 Å². The largest absolute Gasteiger partial charge is 0.462 e. The second kappa shape index (κ2) is 72.1. The Morgan fingerprint density at radius 3 is 0.735 bits per heavy atom. The van der Waals surface area contributed by atoms with E-state index in [2.05, 4.69) is 57.2 Å². The van der Waals surface area contributed by atoms with Crippen LogP contribution in [0.4, 0.5) is 0 Å². The van der Waals surface area contributed by atoms with Crippen molar-refractivity contribution in [3.63, 3.8) is 0 Å². The van der Waals surface area contributed by atoms with Crippen molar-refractivity contribution in [1.29, 1.82) is 0 Å². The molecule has 0 aromatic carbocycles. The van der Waals surface area contributed by atoms with Gasteiger partial charge >= 0.3 is 17.9 Å². The first-order valence-corrected chi connectivity index (χ1v) is 37.5. The van der Waals surface area contributed by atoms with Crippen LogP contribution in [-0.2, 0) is 28.6 Å². The van der Waals surface area contributed by atoms with E-state index in [1.807, 2.05) is 0 Å². The molecule has 6 nitrogen and oxygen atoms in total. The van der Waals surface area contributed by atoms with Crippen LogP contribution in [0.2, 0.25) is 0 Å². The van der Waals surface area contributed by atoms with E-state index in [0.29, 0.717) is 19.3 Å². The van der Waals surface area contributed by atoms with Crippen molar-refractivity contribution in [2.75, 3.05) is 13.2 Å². The van der Waals surface area contributed by atoms with Gasteiger partial charge in [-0.15, -0.1) is 0 Å². The number of unbranched alkanes of at least 4 members (excludes halogenated alkanes) is 53. The van der Waals surface area contributed by atoms with E-state index < -0.39 is 6.10 Å². The minimum Gasteiger partial charge on any atom is -0.462 e. The second-order valence-electron chi connectivity index (χ2n) is 25.5. The quantitative estimate of drug-likeness (QED) is 0.0261. The molecule has 0 saturated carbocycles. The van der Waals surface area contributed by atoms with Gasteiger partial charge in [0.25, 0.3) is 0 Å². The van der Waals surface area contributed by atoms with E-state index in [1.54, 1.807) is 0 Å². The summed E-state index contributed by atoms with van der Waals surface area (Å²) < 4.78 is 17.0. The predicted molar refractivity (Wildman–Crippen MR) is 362 cm³/mol. The molecule has 0 amide bonds. The van der Waals surface area contributed by atoms with Crippen molar-refractivity contribution in [2.24, 2.45) is 0 Å². The van der Waals surface area contributed by atoms with Gasteiger partial charge in [-0.2, -0.15) is 0 Å². The highest BCUT2D eigenvalue weighted by Gasteiger charge is 2.20. The van der Waals surface area contributed by atoms with Crippen molar-refractivity contribution in [1.82, 2.24) is 0 Å². The highest BCUT2D eigenvalue weighted by atomic mass is 16.6. The summed E-state index contributed by atoms with van der Waals surface area (Å²) in [4.78, 5) is 38.5. The maximum Gasteiger partial charge on any atom is 0.306 e. The zero-order valence-corrected chi connectivity index (χ0v) is 56.2. The van der Waals surface area contributed by atoms with Crippen LogP contribution in [0.5, 0.6) is 0 Å². The van der Waals surface area contributed by atoms with E-state index in [9.17, 15) is 14.4 Å². The van der Waals surface area contributed by atoms with E-state index in [4.69, 9.17) is 14.2 Å². The molecule has 0 aromatic heterocycles. The smallest absolute Gasteiger partial charge is 0.306 e. The third-order valence-electron chi connectivity index (χ3n) is 17.2. The van der Waals surface area contributed by atoms with Gasteiger partial charge in [0.2, 0.25) is 0 Å². The highest BCUT2D eigenvalue weighted by Crippen LogP contribution is 2.19. The molecular formula is C77H144O6. The third-order valence-corrected chi connectivity index (χ3v) is 17.2. The summed E-state index contributed by atoms with van der Waals surface area (Å²) in [6.45, 7) is 6.62. The Morgan fingerprint density at radius 1 is 0.253 bits per heavy atom. The van der Waals surface area contributed by atoms with Gasteiger partial charge in [-0.05, 0) is 51.4 Å². The topological polar surface area (TPSA) is 78.9 Å². The summed E-state index contributed by atoms with van der Waals surface area (Å²) in [6, 6.07) is 0. The average molecular weight is 1170 g/mol. The van der Waals surface area contributed by atoms with Crippen molar-refractivity contribution >= 4 is 17.9 Å². The SMILES string of the molecule is CC/C=C\C/C=C\C/C=C\CCCCCCCCCC(=O)OCC(COC(=O)CCCCCCCCCCCCCCCCCCCCCCCCCCCC)OC(=O)CCCCCCCCCCCCCCCCCCCCCCCC. The molecule has 6 heteroatoms. The van der Waals surface area contributed by atoms with Crippen LogP contribution in [-0.4, -0.2) is 37.2 Å². The molecule has 1 unspecified atom stereocenters. The van der Waals surface area contributed by atoms with Crippen LogP contribution in [0.3, 0.4) is 0 Å². The van der Waals surface area contributed by atoms with Crippen LogP contribution in [0, 0.1) is 0 Å². The molecular weight excluding hydrogens is 1020 g/mol. The molecule has 0 aromatic rings. The normalized spacial score (nSPS) is 12.2. The molecule has 1 atom stereocenters. The summed E-state index contributed by atoms with van der Waals surface area (Å²) in [5, 5.41) is 0. The highest BCUT2D eigenvalue weighted by molar-refractivity contribution is 5.71. The van der Waals surface area contributed by atoms with E-state index in [1.165, 1.54) is 295 Å². The van der Waals surface area contributed by atoms with Gasteiger partial charge in [0.15, 0.2) is 6.10 Å². The molecule has 0 bridgehead atoms. The standard InChI is InChI=1S/C77H144O6/c1-4-7-10-13-16-19-22-25-28-31-33-35-37-38-39-40-42-43-46-49-52-55-58-61-64-67-70-76(79)82-73-74(72-81-75(78)69-66-63-60-57-54-51-48-45-30-27-24-21-18-15-12-9-6-3)83-77(80)71-68-65-62-59-56-53-50-47-44-41-36-34-32-29-26-23-20-17-14-11-8-5-2/h9,12,18,21,27,30,74H,4-8,10-11,13-17,19-20,22-26,28-29,31-73H2,1-3H3/b12-9-,21-18-,30-27-. The Kier molecular flexibility index (Phi) is 70.0. The molecule has 0 aliphatic heterocycles. The Morgan fingerprint density at radius 2 is 0.470 bits per heavy atom. The number of esters is 3. The molecule has 0 radical (unpaired) electrons. The molecule has 0 heterocycles. The number of carbonyl (C=O) groups is 3. The molecule has 83 heavy (non-hydrogen) atoms. The fourth-order valence-electron chi connectivity index (χ4n) is 11.6. The minimum absolute atomic E-state index is 0.0690. The van der Waals surface area contributed by atoms with Crippen molar-refractivity contribution in [2.45, 2.75) is 425 Å². The van der Waals surface area contributed by atoms with Gasteiger partial charge in [-0.25, -0.2) is 0 Å². The summed E-state index contributed by atoms with van der Waals surface area (Å²) >= 11 is 0. The lowest BCUT2D eigenvalue weighted by Gasteiger charge is -2.18. The lowest BCUT2D eigenvalue weighted by atomic mass is 10.0. The molecule has 0 aliphatic carbocycles. The van der Waals surface area contributed by atoms with Gasteiger partial charge < -0.3 is 14.2 Å².